The molecule has 0 unspecified atom stereocenters. The van der Waals surface area contributed by atoms with E-state index in [9.17, 15) is 0 Å². The molecule has 2 nitrogen and oxygen atoms in total. The molecule has 0 fully saturated rings. The minimum atomic E-state index is 0. The summed E-state index contributed by atoms with van der Waals surface area (Å²) in [6, 6.07) is 4.17. The molecule has 0 saturated heterocycles. The van der Waals surface area contributed by atoms with Crippen LogP contribution in [0.25, 0.3) is 0 Å². The lowest BCUT2D eigenvalue weighted by Gasteiger charge is -2.08. The molecule has 1 N–H and O–H groups in total. The van der Waals surface area contributed by atoms with E-state index in [1.54, 1.807) is 0 Å². The quantitative estimate of drug-likeness (QED) is 0.832. The Bertz CT molecular complexity index is 331. The molecule has 5 heteroatoms. The zero-order valence-electron chi connectivity index (χ0n) is 9.39. The molecule has 0 aromatic heterocycles. The van der Waals surface area contributed by atoms with E-state index in [0.717, 1.165) is 16.9 Å². The Balaban J connectivity index is 0. The average Bonchev–Trinajstić information content (AvgIpc) is 2.12. The first-order valence-electron chi connectivity index (χ1n) is 4.32. The normalized spacial score (nSPS) is 7.94. The fraction of sp³-hybridized carbons (Fsp3) is 0.273. The second-order valence-corrected chi connectivity index (χ2v) is 3.45. The van der Waals surface area contributed by atoms with E-state index < -0.39 is 0 Å². The molecule has 90 valence electrons. The maximum Gasteiger partial charge on any atom is 0.154 e. The van der Waals surface area contributed by atoms with E-state index in [0.29, 0.717) is 5.55 Å². The van der Waals surface area contributed by atoms with E-state index >= 15 is 0 Å². The fourth-order valence-corrected chi connectivity index (χ4v) is 1.50. The molecule has 0 amide bonds. The molecule has 1 aromatic carbocycles. The summed E-state index contributed by atoms with van der Waals surface area (Å²) in [5.41, 5.74) is 5.40. The van der Waals surface area contributed by atoms with Gasteiger partial charge < -0.3 is 9.84 Å². The highest BCUT2D eigenvalue weighted by atomic mass is 35.5. The highest BCUT2D eigenvalue weighted by Crippen LogP contribution is 2.23. The predicted octanol–water partition coefficient (Wildman–Crippen LogP) is 3.87. The number of aryl methyl sites for hydroxylation is 3. The molecule has 0 aliphatic carbocycles. The van der Waals surface area contributed by atoms with Gasteiger partial charge in [-0.05, 0) is 56.3 Å². The third-order valence-corrected chi connectivity index (χ3v) is 1.87. The van der Waals surface area contributed by atoms with Crippen LogP contribution in [-0.2, 0) is 0 Å². The Morgan fingerprint density at radius 1 is 1.12 bits per heavy atom. The second-order valence-electron chi connectivity index (χ2n) is 3.05. The summed E-state index contributed by atoms with van der Waals surface area (Å²) < 4.78 is 5.21. The summed E-state index contributed by atoms with van der Waals surface area (Å²) >= 11 is 8.46. The summed E-state index contributed by atoms with van der Waals surface area (Å²) in [6.07, 6.45) is 0. The van der Waals surface area contributed by atoms with Crippen molar-refractivity contribution in [2.45, 2.75) is 20.8 Å². The second kappa shape index (κ2) is 9.51. The van der Waals surface area contributed by atoms with Crippen molar-refractivity contribution in [3.05, 3.63) is 28.8 Å². The van der Waals surface area contributed by atoms with Crippen molar-refractivity contribution in [1.29, 1.82) is 0 Å². The number of benzene rings is 1. The topological polar surface area (TPSA) is 29.5 Å². The maximum absolute atomic E-state index is 7.26. The maximum atomic E-state index is 7.26. The molecule has 0 aliphatic rings. The highest BCUT2D eigenvalue weighted by Gasteiger charge is 2.02. The summed E-state index contributed by atoms with van der Waals surface area (Å²) in [5, 5.41) is 7.26. The van der Waals surface area contributed by atoms with Crippen LogP contribution in [0.1, 0.15) is 16.7 Å². The van der Waals surface area contributed by atoms with Crippen LogP contribution in [0.4, 0.5) is 0 Å². The zero-order chi connectivity index (χ0) is 11.8. The predicted molar refractivity (Wildman–Crippen MR) is 78.5 cm³/mol. The van der Waals surface area contributed by atoms with Crippen LogP contribution < -0.4 is 4.74 Å². The monoisotopic (exact) mass is 278 g/mol. The van der Waals surface area contributed by atoms with Crippen LogP contribution in [-0.4, -0.2) is 16.2 Å². The largest absolute Gasteiger partial charge is 0.504 e. The summed E-state index contributed by atoms with van der Waals surface area (Å²) in [5.74, 6) is 0.885. The molecule has 0 atom stereocenters. The minimum Gasteiger partial charge on any atom is -0.504 e. The molecule has 0 heterocycles. The molecular weight excluding hydrogens is 264 g/mol. The van der Waals surface area contributed by atoms with Crippen molar-refractivity contribution in [3.8, 4) is 5.75 Å². The van der Waals surface area contributed by atoms with Gasteiger partial charge in [-0.2, -0.15) is 0 Å². The van der Waals surface area contributed by atoms with Gasteiger partial charge in [0.2, 0.25) is 0 Å². The molecule has 0 spiro atoms. The van der Waals surface area contributed by atoms with E-state index in [2.05, 4.69) is 43.5 Å². The van der Waals surface area contributed by atoms with Crippen LogP contribution in [0.15, 0.2) is 12.1 Å². The average molecular weight is 279 g/mol. The molecule has 0 radical (unpaired) electrons. The number of hydrogen-bond donors (Lipinski definition) is 1. The van der Waals surface area contributed by atoms with Gasteiger partial charge in [-0.25, -0.2) is 0 Å². The minimum absolute atomic E-state index is 0. The fourth-order valence-electron chi connectivity index (χ4n) is 1.40. The smallest absolute Gasteiger partial charge is 0.154 e. The van der Waals surface area contributed by atoms with Crippen molar-refractivity contribution in [2.75, 3.05) is 0 Å². The number of aliphatic hydroxyl groups excluding tert-OH is 1. The molecule has 0 saturated carbocycles. The number of ether oxygens (including phenoxy) is 1. The van der Waals surface area contributed by atoms with Crippen LogP contribution in [0.2, 0.25) is 0 Å². The van der Waals surface area contributed by atoms with Gasteiger partial charge in [0.25, 0.3) is 0 Å². The molecule has 16 heavy (non-hydrogen) atoms. The van der Waals surface area contributed by atoms with Gasteiger partial charge in [0.15, 0.2) is 5.55 Å². The number of rotatable bonds is 2. The first-order valence-corrected chi connectivity index (χ1v) is 5.27. The van der Waals surface area contributed by atoms with Crippen molar-refractivity contribution < 1.29 is 9.84 Å². The zero-order valence-corrected chi connectivity index (χ0v) is 11.8. The number of halogens is 1. The highest BCUT2D eigenvalue weighted by molar-refractivity contribution is 7.78. The molecule has 1 rings (SSSR count). The SMILES string of the molecule is Cc1cc(C)c(OC=S)c(C)c1.Cl.OC=S. The van der Waals surface area contributed by atoms with Crippen molar-refractivity contribution in [2.24, 2.45) is 0 Å². The number of thiocarbonyl (C=S) groups is 2. The molecule has 0 aliphatic heterocycles. The molecule has 0 bridgehead atoms. The number of aliphatic hydroxyl groups is 1. The Kier molecular flexibility index (Phi) is 10.5. The Labute approximate surface area is 113 Å². The van der Waals surface area contributed by atoms with Gasteiger partial charge >= 0.3 is 0 Å². The lowest BCUT2D eigenvalue weighted by Crippen LogP contribution is -1.93. The lowest BCUT2D eigenvalue weighted by atomic mass is 10.1. The Morgan fingerprint density at radius 3 is 1.81 bits per heavy atom. The van der Waals surface area contributed by atoms with Crippen LogP contribution >= 0.6 is 36.8 Å². The summed E-state index contributed by atoms with van der Waals surface area (Å²) in [4.78, 5) is 0. The third kappa shape index (κ3) is 6.00. The third-order valence-electron chi connectivity index (χ3n) is 1.77. The van der Waals surface area contributed by atoms with Crippen LogP contribution in [0.3, 0.4) is 0 Å². The van der Waals surface area contributed by atoms with Crippen molar-refractivity contribution in [1.82, 2.24) is 0 Å². The van der Waals surface area contributed by atoms with Crippen molar-refractivity contribution in [3.63, 3.8) is 0 Å². The Hall–Kier alpha value is -0.710. The van der Waals surface area contributed by atoms with Gasteiger partial charge in [-0.3, -0.25) is 0 Å². The number of hydrogen-bond acceptors (Lipinski definition) is 3. The van der Waals surface area contributed by atoms with Crippen molar-refractivity contribution >= 4 is 47.9 Å². The van der Waals surface area contributed by atoms with Crippen LogP contribution in [0, 0.1) is 20.8 Å². The van der Waals surface area contributed by atoms with Gasteiger partial charge in [0.1, 0.15) is 11.3 Å². The first-order chi connectivity index (χ1) is 7.06. The standard InChI is InChI=1S/C10H12OS.CH2OS.ClH/c1-7-4-8(2)10(11-6-12)9(3)5-7;2-1-3;/h4-6H,1-3H3;1H,(H,2,3);1H. The van der Waals surface area contributed by atoms with E-state index in [1.165, 1.54) is 11.1 Å². The van der Waals surface area contributed by atoms with E-state index in [1.807, 2.05) is 13.8 Å². The lowest BCUT2D eigenvalue weighted by molar-refractivity contribution is 0.575. The van der Waals surface area contributed by atoms with Crippen LogP contribution in [0.5, 0.6) is 5.75 Å². The van der Waals surface area contributed by atoms with E-state index in [-0.39, 0.29) is 12.4 Å². The Morgan fingerprint density at radius 2 is 1.50 bits per heavy atom. The van der Waals surface area contributed by atoms with Gasteiger partial charge in [0, 0.05) is 0 Å². The van der Waals surface area contributed by atoms with Gasteiger partial charge in [0.05, 0.1) is 0 Å². The summed E-state index contributed by atoms with van der Waals surface area (Å²) in [6.45, 7) is 6.11. The van der Waals surface area contributed by atoms with E-state index in [4.69, 9.17) is 9.84 Å². The van der Waals surface area contributed by atoms with Gasteiger partial charge in [-0.1, -0.05) is 17.7 Å². The first kappa shape index (κ1) is 17.7. The van der Waals surface area contributed by atoms with Gasteiger partial charge in [-0.15, -0.1) is 12.4 Å². The summed E-state index contributed by atoms with van der Waals surface area (Å²) in [7, 11) is 0. The molecular formula is C11H15ClO2S2. The molecule has 1 aromatic rings.